The SMILES string of the molecule is C[C@@]12C[C@H]3C[C@@](Cl)(C1)C[C@](c1c(-c4ccc(Cl)c(Cl)c4)nn4c1CNCC4)(C3)C2. The molecule has 1 aromatic heterocycles. The first-order valence-corrected chi connectivity index (χ1v) is 11.9. The molecule has 0 amide bonds. The van der Waals surface area contributed by atoms with E-state index < -0.39 is 0 Å². The molecule has 7 rings (SSSR count). The number of nitrogens with one attached hydrogen (secondary N) is 1. The van der Waals surface area contributed by atoms with Gasteiger partial charge in [-0.25, -0.2) is 0 Å². The summed E-state index contributed by atoms with van der Waals surface area (Å²) >= 11 is 19.9. The van der Waals surface area contributed by atoms with Crippen LogP contribution in [0.3, 0.4) is 0 Å². The third-order valence-electron chi connectivity index (χ3n) is 7.85. The molecular weight excluding hydrogens is 425 g/mol. The van der Waals surface area contributed by atoms with Gasteiger partial charge in [0.2, 0.25) is 0 Å². The largest absolute Gasteiger partial charge is 0.309 e. The van der Waals surface area contributed by atoms with Crippen LogP contribution >= 0.6 is 34.8 Å². The Morgan fingerprint density at radius 1 is 1.10 bits per heavy atom. The van der Waals surface area contributed by atoms with Crippen LogP contribution in [0.15, 0.2) is 18.2 Å². The van der Waals surface area contributed by atoms with Crippen molar-refractivity contribution in [3.63, 3.8) is 0 Å². The van der Waals surface area contributed by atoms with Gasteiger partial charge in [-0.15, -0.1) is 11.6 Å². The van der Waals surface area contributed by atoms with Crippen molar-refractivity contribution in [2.24, 2.45) is 11.3 Å². The normalized spacial score (nSPS) is 37.7. The zero-order valence-electron chi connectivity index (χ0n) is 16.7. The first-order valence-electron chi connectivity index (χ1n) is 10.7. The van der Waals surface area contributed by atoms with Gasteiger partial charge in [0.1, 0.15) is 0 Å². The van der Waals surface area contributed by atoms with Crippen LogP contribution in [0.5, 0.6) is 0 Å². The molecular formula is C23H26Cl3N3. The van der Waals surface area contributed by atoms with E-state index in [2.05, 4.69) is 23.0 Å². The Morgan fingerprint density at radius 3 is 2.72 bits per heavy atom. The van der Waals surface area contributed by atoms with Gasteiger partial charge >= 0.3 is 0 Å². The van der Waals surface area contributed by atoms with E-state index in [0.717, 1.165) is 49.7 Å². The summed E-state index contributed by atoms with van der Waals surface area (Å²) in [5, 5.41) is 9.88. The van der Waals surface area contributed by atoms with Gasteiger partial charge in [-0.05, 0) is 62.0 Å². The third-order valence-corrected chi connectivity index (χ3v) is 9.01. The molecule has 0 spiro atoms. The number of halogens is 3. The molecule has 4 aliphatic carbocycles. The van der Waals surface area contributed by atoms with Crippen LogP contribution < -0.4 is 5.32 Å². The fraction of sp³-hybridized carbons (Fsp3) is 0.609. The lowest BCUT2D eigenvalue weighted by Crippen LogP contribution is -2.59. The van der Waals surface area contributed by atoms with Crippen molar-refractivity contribution in [3.05, 3.63) is 39.5 Å². The molecule has 1 aliphatic heterocycles. The predicted molar refractivity (Wildman–Crippen MR) is 119 cm³/mol. The standard InChI is InChI=1S/C23H26Cl3N3/c1-21-7-14-8-22(11-21,13-23(26,9-14)12-21)19-18-10-27-4-5-29(18)28-20(19)15-2-3-16(24)17(25)6-15/h2-3,6,14,27H,4-5,7-13H2,1H3/t14-,21+,22+,23-/m1/s1. The van der Waals surface area contributed by atoms with E-state index in [-0.39, 0.29) is 10.3 Å². The summed E-state index contributed by atoms with van der Waals surface area (Å²) in [6.07, 6.45) is 7.19. The smallest absolute Gasteiger partial charge is 0.0964 e. The molecule has 1 aromatic carbocycles. The van der Waals surface area contributed by atoms with Crippen molar-refractivity contribution in [3.8, 4) is 11.3 Å². The van der Waals surface area contributed by atoms with Gasteiger partial charge < -0.3 is 5.32 Å². The summed E-state index contributed by atoms with van der Waals surface area (Å²) in [6, 6.07) is 5.94. The van der Waals surface area contributed by atoms with E-state index in [4.69, 9.17) is 39.9 Å². The number of hydrogen-bond donors (Lipinski definition) is 1. The molecule has 29 heavy (non-hydrogen) atoms. The Morgan fingerprint density at radius 2 is 1.97 bits per heavy atom. The van der Waals surface area contributed by atoms with Gasteiger partial charge in [0.25, 0.3) is 0 Å². The summed E-state index contributed by atoms with van der Waals surface area (Å²) < 4.78 is 2.23. The highest BCUT2D eigenvalue weighted by Crippen LogP contribution is 2.69. The molecule has 0 unspecified atom stereocenters. The summed E-state index contributed by atoms with van der Waals surface area (Å²) in [5.41, 5.74) is 5.40. The number of hydrogen-bond acceptors (Lipinski definition) is 2. The molecule has 4 saturated carbocycles. The monoisotopic (exact) mass is 449 g/mol. The zero-order chi connectivity index (χ0) is 20.0. The highest BCUT2D eigenvalue weighted by atomic mass is 35.5. The number of nitrogens with zero attached hydrogens (tertiary/aromatic N) is 2. The minimum Gasteiger partial charge on any atom is -0.309 e. The Bertz CT molecular complexity index is 995. The van der Waals surface area contributed by atoms with Crippen molar-refractivity contribution in [1.82, 2.24) is 15.1 Å². The number of aromatic nitrogens is 2. The summed E-state index contributed by atoms with van der Waals surface area (Å²) in [7, 11) is 0. The minimum atomic E-state index is -0.0556. The minimum absolute atomic E-state index is 0.0556. The van der Waals surface area contributed by atoms with Gasteiger partial charge in [0.15, 0.2) is 0 Å². The molecule has 0 radical (unpaired) electrons. The predicted octanol–water partition coefficient (Wildman–Crippen LogP) is 6.18. The van der Waals surface area contributed by atoms with Gasteiger partial charge in [0, 0.05) is 34.5 Å². The lowest BCUT2D eigenvalue weighted by Gasteiger charge is -2.64. The van der Waals surface area contributed by atoms with Crippen molar-refractivity contribution in [2.45, 2.75) is 68.8 Å². The van der Waals surface area contributed by atoms with Gasteiger partial charge in [-0.2, -0.15) is 5.10 Å². The molecule has 1 N–H and O–H groups in total. The molecule has 3 nitrogen and oxygen atoms in total. The Hall–Kier alpha value is -0.740. The first-order chi connectivity index (χ1) is 13.8. The van der Waals surface area contributed by atoms with E-state index in [1.807, 2.05) is 12.1 Å². The lowest BCUT2D eigenvalue weighted by molar-refractivity contribution is -0.0493. The second kappa shape index (κ2) is 6.16. The van der Waals surface area contributed by atoms with Gasteiger partial charge in [0.05, 0.1) is 28.0 Å². The van der Waals surface area contributed by atoms with Crippen molar-refractivity contribution in [1.29, 1.82) is 0 Å². The average molecular weight is 451 g/mol. The number of benzene rings is 1. The highest BCUT2D eigenvalue weighted by molar-refractivity contribution is 6.42. The van der Waals surface area contributed by atoms with Crippen molar-refractivity contribution >= 4 is 34.8 Å². The average Bonchev–Trinajstić information content (AvgIpc) is 3.01. The van der Waals surface area contributed by atoms with E-state index in [9.17, 15) is 0 Å². The Labute approximate surface area is 187 Å². The van der Waals surface area contributed by atoms with Crippen LogP contribution in [0.25, 0.3) is 11.3 Å². The third kappa shape index (κ3) is 2.84. The van der Waals surface area contributed by atoms with Crippen LogP contribution in [0.1, 0.15) is 56.7 Å². The van der Waals surface area contributed by atoms with Crippen LogP contribution in [-0.4, -0.2) is 21.2 Å². The molecule has 4 atom stereocenters. The van der Waals surface area contributed by atoms with Crippen molar-refractivity contribution in [2.75, 3.05) is 6.54 Å². The molecule has 6 heteroatoms. The summed E-state index contributed by atoms with van der Waals surface area (Å²) in [6.45, 7) is 5.21. The molecule has 4 fully saturated rings. The fourth-order valence-corrected chi connectivity index (χ4v) is 8.82. The number of rotatable bonds is 2. The summed E-state index contributed by atoms with van der Waals surface area (Å²) in [4.78, 5) is -0.0556. The Kier molecular flexibility index (Phi) is 4.03. The van der Waals surface area contributed by atoms with Gasteiger partial charge in [-0.3, -0.25) is 4.68 Å². The molecule has 2 heterocycles. The first kappa shape index (κ1) is 19.0. The van der Waals surface area contributed by atoms with Crippen LogP contribution in [0, 0.1) is 11.3 Å². The maximum Gasteiger partial charge on any atom is 0.0964 e. The lowest BCUT2D eigenvalue weighted by atomic mass is 9.43. The second-order valence-corrected chi connectivity index (χ2v) is 12.1. The second-order valence-electron chi connectivity index (χ2n) is 10.4. The number of fused-ring (bicyclic) bond motifs is 1. The fourth-order valence-electron chi connectivity index (χ4n) is 7.73. The van der Waals surface area contributed by atoms with E-state index in [1.165, 1.54) is 36.9 Å². The van der Waals surface area contributed by atoms with E-state index in [0.29, 0.717) is 15.5 Å². The zero-order valence-corrected chi connectivity index (χ0v) is 19.0. The maximum atomic E-state index is 7.27. The van der Waals surface area contributed by atoms with Crippen LogP contribution in [0.2, 0.25) is 10.0 Å². The van der Waals surface area contributed by atoms with E-state index >= 15 is 0 Å². The quantitative estimate of drug-likeness (QED) is 0.554. The van der Waals surface area contributed by atoms with Crippen LogP contribution in [0.4, 0.5) is 0 Å². The topological polar surface area (TPSA) is 29.9 Å². The Balaban J connectivity index is 1.58. The maximum absolute atomic E-state index is 7.27. The highest BCUT2D eigenvalue weighted by Gasteiger charge is 2.63. The molecule has 0 saturated heterocycles. The number of alkyl halides is 1. The van der Waals surface area contributed by atoms with Gasteiger partial charge in [-0.1, -0.05) is 36.2 Å². The molecule has 5 aliphatic rings. The molecule has 2 aromatic rings. The molecule has 4 bridgehead atoms. The van der Waals surface area contributed by atoms with E-state index in [1.54, 1.807) is 0 Å². The summed E-state index contributed by atoms with van der Waals surface area (Å²) in [5.74, 6) is 0.725. The van der Waals surface area contributed by atoms with Crippen molar-refractivity contribution < 1.29 is 0 Å². The van der Waals surface area contributed by atoms with Crippen LogP contribution in [-0.2, 0) is 18.5 Å². The molecule has 154 valence electrons.